The predicted molar refractivity (Wildman–Crippen MR) is 104 cm³/mol. The van der Waals surface area contributed by atoms with E-state index in [9.17, 15) is 0 Å². The van der Waals surface area contributed by atoms with Crippen LogP contribution in [0.2, 0.25) is 0 Å². The summed E-state index contributed by atoms with van der Waals surface area (Å²) in [5.74, 6) is 1.54. The molecule has 0 radical (unpaired) electrons. The first-order valence-corrected chi connectivity index (χ1v) is 8.65. The second-order valence-electron chi connectivity index (χ2n) is 5.96. The topological polar surface area (TPSA) is 88.7 Å². The lowest BCUT2D eigenvalue weighted by atomic mass is 10.3. The van der Waals surface area contributed by atoms with Gasteiger partial charge in [-0.3, -0.25) is 0 Å². The van der Waals surface area contributed by atoms with E-state index in [1.807, 2.05) is 66.9 Å². The monoisotopic (exact) mass is 368 g/mol. The number of rotatable bonds is 6. The van der Waals surface area contributed by atoms with Gasteiger partial charge in [-0.25, -0.2) is 9.67 Å². The Morgan fingerprint density at radius 3 is 2.57 bits per heavy atom. The number of ether oxygens (including phenoxy) is 1. The van der Waals surface area contributed by atoms with Crippen LogP contribution < -0.4 is 10.1 Å². The highest BCUT2D eigenvalue weighted by molar-refractivity contribution is 5.46. The van der Waals surface area contributed by atoms with Crippen LogP contribution in [0.25, 0.3) is 5.69 Å². The molecule has 0 aliphatic rings. The summed E-state index contributed by atoms with van der Waals surface area (Å²) in [5, 5.41) is 20.5. The number of hydrogen-bond donors (Lipinski definition) is 1. The molecule has 7 heteroatoms. The maximum atomic E-state index is 8.90. The molecule has 1 N–H and O–H groups in total. The zero-order valence-electron chi connectivity index (χ0n) is 14.9. The zero-order valence-corrected chi connectivity index (χ0v) is 14.9. The van der Waals surface area contributed by atoms with Gasteiger partial charge in [0.2, 0.25) is 0 Å². The first-order chi connectivity index (χ1) is 13.8. The SMILES string of the molecule is N#Cc1cc(NCc2cn(-c3ccc(Oc4ccccc4)cc3)nn2)ccn1. The summed E-state index contributed by atoms with van der Waals surface area (Å²) < 4.78 is 7.50. The van der Waals surface area contributed by atoms with Crippen molar-refractivity contribution in [2.24, 2.45) is 0 Å². The molecule has 2 aromatic carbocycles. The number of nitrogens with one attached hydrogen (secondary N) is 1. The van der Waals surface area contributed by atoms with E-state index in [-0.39, 0.29) is 0 Å². The first kappa shape index (κ1) is 17.2. The summed E-state index contributed by atoms with van der Waals surface area (Å²) in [6.45, 7) is 0.490. The van der Waals surface area contributed by atoms with Gasteiger partial charge < -0.3 is 10.1 Å². The standard InChI is InChI=1S/C21H16N6O/c22-13-17-12-16(10-11-23-17)24-14-18-15-27(26-25-18)19-6-8-21(9-7-19)28-20-4-2-1-3-5-20/h1-12,15H,14H2,(H,23,24). The van der Waals surface area contributed by atoms with E-state index in [0.717, 1.165) is 28.6 Å². The quantitative estimate of drug-likeness (QED) is 0.554. The summed E-state index contributed by atoms with van der Waals surface area (Å²) >= 11 is 0. The molecule has 4 rings (SSSR count). The smallest absolute Gasteiger partial charge is 0.142 e. The molecule has 2 heterocycles. The Kier molecular flexibility index (Phi) is 4.94. The molecule has 0 aliphatic heterocycles. The van der Waals surface area contributed by atoms with E-state index in [1.165, 1.54) is 0 Å². The lowest BCUT2D eigenvalue weighted by Crippen LogP contribution is -2.00. The van der Waals surface area contributed by atoms with Crippen molar-refractivity contribution in [1.82, 2.24) is 20.0 Å². The number of aromatic nitrogens is 4. The molecule has 0 bridgehead atoms. The molecule has 0 saturated carbocycles. The van der Waals surface area contributed by atoms with Crippen LogP contribution in [-0.2, 0) is 6.54 Å². The van der Waals surface area contributed by atoms with Gasteiger partial charge >= 0.3 is 0 Å². The predicted octanol–water partition coefficient (Wildman–Crippen LogP) is 3.94. The van der Waals surface area contributed by atoms with Gasteiger partial charge in [-0.2, -0.15) is 5.26 Å². The molecule has 7 nitrogen and oxygen atoms in total. The van der Waals surface area contributed by atoms with E-state index in [2.05, 4.69) is 20.6 Å². The summed E-state index contributed by atoms with van der Waals surface area (Å²) in [7, 11) is 0. The third-order valence-electron chi connectivity index (χ3n) is 3.97. The molecule has 0 saturated heterocycles. The molecule has 0 fully saturated rings. The number of anilines is 1. The normalized spacial score (nSPS) is 10.2. The fourth-order valence-electron chi connectivity index (χ4n) is 2.59. The van der Waals surface area contributed by atoms with E-state index >= 15 is 0 Å². The van der Waals surface area contributed by atoms with Crippen molar-refractivity contribution in [3.8, 4) is 23.3 Å². The second-order valence-corrected chi connectivity index (χ2v) is 5.96. The molecule has 0 atom stereocenters. The second kappa shape index (κ2) is 8.01. The van der Waals surface area contributed by atoms with Gasteiger partial charge in [-0.1, -0.05) is 23.4 Å². The molecular formula is C21H16N6O. The fourth-order valence-corrected chi connectivity index (χ4v) is 2.59. The summed E-state index contributed by atoms with van der Waals surface area (Å²) in [6.07, 6.45) is 3.45. The highest BCUT2D eigenvalue weighted by atomic mass is 16.5. The molecule has 136 valence electrons. The maximum absolute atomic E-state index is 8.90. The van der Waals surface area contributed by atoms with Crippen LogP contribution in [0.1, 0.15) is 11.4 Å². The Balaban J connectivity index is 1.40. The van der Waals surface area contributed by atoms with Crippen molar-refractivity contribution in [2.45, 2.75) is 6.54 Å². The number of nitrogens with zero attached hydrogens (tertiary/aromatic N) is 5. The Bertz CT molecular complexity index is 1100. The lowest BCUT2D eigenvalue weighted by Gasteiger charge is -2.06. The molecule has 4 aromatic rings. The summed E-state index contributed by atoms with van der Waals surface area (Å²) in [4.78, 5) is 3.95. The fraction of sp³-hybridized carbons (Fsp3) is 0.0476. The third-order valence-corrected chi connectivity index (χ3v) is 3.97. The van der Waals surface area contributed by atoms with Gasteiger partial charge in [-0.05, 0) is 48.5 Å². The minimum Gasteiger partial charge on any atom is -0.457 e. The van der Waals surface area contributed by atoms with Crippen LogP contribution in [0.15, 0.2) is 79.1 Å². The van der Waals surface area contributed by atoms with Crippen molar-refractivity contribution in [1.29, 1.82) is 5.26 Å². The van der Waals surface area contributed by atoms with E-state index in [0.29, 0.717) is 12.2 Å². The highest BCUT2D eigenvalue weighted by Crippen LogP contribution is 2.22. The average Bonchev–Trinajstić information content (AvgIpc) is 3.23. The van der Waals surface area contributed by atoms with Crippen LogP contribution in [0.3, 0.4) is 0 Å². The average molecular weight is 368 g/mol. The van der Waals surface area contributed by atoms with E-state index in [1.54, 1.807) is 23.0 Å². The van der Waals surface area contributed by atoms with Gasteiger partial charge in [0, 0.05) is 11.9 Å². The van der Waals surface area contributed by atoms with Crippen molar-refractivity contribution in [3.05, 3.63) is 90.5 Å². The van der Waals surface area contributed by atoms with Gasteiger partial charge in [0.15, 0.2) is 0 Å². The minimum absolute atomic E-state index is 0.367. The van der Waals surface area contributed by atoms with Crippen LogP contribution in [-0.4, -0.2) is 20.0 Å². The van der Waals surface area contributed by atoms with Crippen molar-refractivity contribution in [2.75, 3.05) is 5.32 Å². The van der Waals surface area contributed by atoms with Crippen molar-refractivity contribution >= 4 is 5.69 Å². The lowest BCUT2D eigenvalue weighted by molar-refractivity contribution is 0.482. The van der Waals surface area contributed by atoms with E-state index < -0.39 is 0 Å². The van der Waals surface area contributed by atoms with Gasteiger partial charge in [0.1, 0.15) is 29.0 Å². The molecular weight excluding hydrogens is 352 g/mol. The van der Waals surface area contributed by atoms with Crippen LogP contribution in [0.4, 0.5) is 5.69 Å². The number of nitriles is 1. The molecule has 0 aliphatic carbocycles. The Morgan fingerprint density at radius 2 is 1.79 bits per heavy atom. The Hall–Kier alpha value is -4.18. The first-order valence-electron chi connectivity index (χ1n) is 8.65. The maximum Gasteiger partial charge on any atom is 0.142 e. The van der Waals surface area contributed by atoms with Gasteiger partial charge in [0.25, 0.3) is 0 Å². The molecule has 0 amide bonds. The Labute approximate surface area is 161 Å². The number of pyridine rings is 1. The Morgan fingerprint density at radius 1 is 1.00 bits per heavy atom. The van der Waals surface area contributed by atoms with Gasteiger partial charge in [0.05, 0.1) is 18.4 Å². The van der Waals surface area contributed by atoms with Crippen molar-refractivity contribution < 1.29 is 4.74 Å². The number of hydrogen-bond acceptors (Lipinski definition) is 6. The highest BCUT2D eigenvalue weighted by Gasteiger charge is 2.05. The van der Waals surface area contributed by atoms with Gasteiger partial charge in [-0.15, -0.1) is 5.10 Å². The van der Waals surface area contributed by atoms with E-state index in [4.69, 9.17) is 10.00 Å². The summed E-state index contributed by atoms with van der Waals surface area (Å²) in [6, 6.07) is 22.8. The van der Waals surface area contributed by atoms with Crippen molar-refractivity contribution in [3.63, 3.8) is 0 Å². The molecule has 0 spiro atoms. The van der Waals surface area contributed by atoms with Crippen LogP contribution in [0, 0.1) is 11.3 Å². The molecule has 0 unspecified atom stereocenters. The van der Waals surface area contributed by atoms with Crippen LogP contribution >= 0.6 is 0 Å². The molecule has 2 aromatic heterocycles. The summed E-state index contributed by atoms with van der Waals surface area (Å²) in [5.41, 5.74) is 2.84. The zero-order chi connectivity index (χ0) is 19.2. The largest absolute Gasteiger partial charge is 0.457 e. The minimum atomic E-state index is 0.367. The number of benzene rings is 2. The number of para-hydroxylation sites is 1. The van der Waals surface area contributed by atoms with Crippen LogP contribution in [0.5, 0.6) is 11.5 Å². The third kappa shape index (κ3) is 4.14. The molecule has 28 heavy (non-hydrogen) atoms.